The van der Waals surface area contributed by atoms with Gasteiger partial charge in [-0.25, -0.2) is 4.68 Å². The fourth-order valence-corrected chi connectivity index (χ4v) is 3.52. The number of nitrogens with zero attached hydrogens (tertiary/aromatic N) is 3. The van der Waals surface area contributed by atoms with Crippen LogP contribution in [0.4, 0.5) is 0 Å². The fraction of sp³-hybridized carbons (Fsp3) is 0.174. The molecule has 2 amide bonds. The summed E-state index contributed by atoms with van der Waals surface area (Å²) in [7, 11) is 0. The third-order valence-electron chi connectivity index (χ3n) is 5.11. The normalized spacial score (nSPS) is 14.0. The topological polar surface area (TPSA) is 67.2 Å². The smallest absolute Gasteiger partial charge is 0.259 e. The Balaban J connectivity index is 1.34. The van der Waals surface area contributed by atoms with E-state index in [4.69, 9.17) is 0 Å². The molecule has 1 N–H and O–H groups in total. The number of rotatable bonds is 6. The highest BCUT2D eigenvalue weighted by atomic mass is 16.2. The molecule has 1 aromatic heterocycles. The molecule has 0 radical (unpaired) electrons. The molecule has 3 aromatic rings. The molecular weight excluding hydrogens is 364 g/mol. The molecule has 0 saturated heterocycles. The van der Waals surface area contributed by atoms with E-state index >= 15 is 0 Å². The molecule has 2 heterocycles. The van der Waals surface area contributed by atoms with Crippen molar-refractivity contribution in [1.29, 1.82) is 0 Å². The number of fused-ring (bicyclic) bond motifs is 1. The van der Waals surface area contributed by atoms with Gasteiger partial charge in [-0.15, -0.1) is 0 Å². The maximum absolute atomic E-state index is 12.7. The Kier molecular flexibility index (Phi) is 4.99. The third-order valence-corrected chi connectivity index (χ3v) is 5.11. The summed E-state index contributed by atoms with van der Waals surface area (Å²) in [4.78, 5) is 26.7. The molecule has 0 spiro atoms. The summed E-state index contributed by atoms with van der Waals surface area (Å²) in [5.41, 5.74) is 3.95. The Hall–Kier alpha value is -3.67. The first-order chi connectivity index (χ1) is 14.1. The summed E-state index contributed by atoms with van der Waals surface area (Å²) in [6.07, 6.45) is 4.40. The Bertz CT molecular complexity index is 1040. The molecular formula is C23H22N4O2. The van der Waals surface area contributed by atoms with Crippen LogP contribution in [0.2, 0.25) is 0 Å². The van der Waals surface area contributed by atoms with Gasteiger partial charge >= 0.3 is 0 Å². The number of benzene rings is 2. The minimum atomic E-state index is -0.630. The molecule has 0 bridgehead atoms. The van der Waals surface area contributed by atoms with Crippen LogP contribution in [0.5, 0.6) is 0 Å². The zero-order chi connectivity index (χ0) is 20.4. The van der Waals surface area contributed by atoms with Gasteiger partial charge in [-0.1, -0.05) is 43.0 Å². The molecule has 1 aliphatic heterocycles. The number of amides is 2. The van der Waals surface area contributed by atoms with Crippen molar-refractivity contribution in [2.24, 2.45) is 0 Å². The number of para-hydroxylation sites is 1. The van der Waals surface area contributed by atoms with Crippen molar-refractivity contribution >= 4 is 17.5 Å². The Morgan fingerprint density at radius 3 is 2.52 bits per heavy atom. The second kappa shape index (κ2) is 7.75. The van der Waals surface area contributed by atoms with E-state index in [2.05, 4.69) is 17.0 Å². The van der Waals surface area contributed by atoms with Crippen molar-refractivity contribution in [3.63, 3.8) is 0 Å². The van der Waals surface area contributed by atoms with E-state index in [1.54, 1.807) is 19.2 Å². The molecule has 1 unspecified atom stereocenters. The highest BCUT2D eigenvalue weighted by Gasteiger charge is 2.36. The number of carbonyl (C=O) groups excluding carboxylic acids is 2. The van der Waals surface area contributed by atoms with Crippen LogP contribution in [0.25, 0.3) is 11.4 Å². The largest absolute Gasteiger partial charge is 0.354 e. The quantitative estimate of drug-likeness (QED) is 0.708. The summed E-state index contributed by atoms with van der Waals surface area (Å²) < 4.78 is 1.81. The Morgan fingerprint density at radius 1 is 1.10 bits per heavy atom. The van der Waals surface area contributed by atoms with Gasteiger partial charge in [-0.05, 0) is 37.1 Å². The molecule has 4 rings (SSSR count). The van der Waals surface area contributed by atoms with E-state index in [1.807, 2.05) is 59.4 Å². The molecule has 0 aliphatic carbocycles. The van der Waals surface area contributed by atoms with Gasteiger partial charge in [0.05, 0.1) is 11.9 Å². The van der Waals surface area contributed by atoms with Gasteiger partial charge in [-0.3, -0.25) is 14.5 Å². The lowest BCUT2D eigenvalue weighted by Crippen LogP contribution is -2.45. The molecule has 6 nitrogen and oxygen atoms in total. The van der Waals surface area contributed by atoms with E-state index in [1.165, 1.54) is 4.90 Å². The summed E-state index contributed by atoms with van der Waals surface area (Å²) in [5.74, 6) is -0.389. The Morgan fingerprint density at radius 2 is 1.79 bits per heavy atom. The predicted molar refractivity (Wildman–Crippen MR) is 111 cm³/mol. The lowest BCUT2D eigenvalue weighted by Gasteiger charge is -2.24. The van der Waals surface area contributed by atoms with E-state index in [0.29, 0.717) is 24.2 Å². The molecule has 2 aromatic carbocycles. The molecule has 0 saturated carbocycles. The van der Waals surface area contributed by atoms with Gasteiger partial charge in [0.15, 0.2) is 0 Å². The number of hydrogen-bond acceptors (Lipinski definition) is 3. The molecule has 6 heteroatoms. The highest BCUT2D eigenvalue weighted by Crippen LogP contribution is 2.32. The van der Waals surface area contributed by atoms with Crippen LogP contribution in [0, 0.1) is 0 Å². The minimum Gasteiger partial charge on any atom is -0.354 e. The van der Waals surface area contributed by atoms with Crippen molar-refractivity contribution in [1.82, 2.24) is 20.0 Å². The Labute approximate surface area is 169 Å². The van der Waals surface area contributed by atoms with Crippen LogP contribution in [-0.2, 0) is 11.2 Å². The average Bonchev–Trinajstić information content (AvgIpc) is 3.32. The van der Waals surface area contributed by atoms with Crippen molar-refractivity contribution in [2.45, 2.75) is 19.4 Å². The third kappa shape index (κ3) is 3.57. The molecule has 0 fully saturated rings. The van der Waals surface area contributed by atoms with Crippen molar-refractivity contribution in [2.75, 3.05) is 6.54 Å². The van der Waals surface area contributed by atoms with Gasteiger partial charge < -0.3 is 5.32 Å². The zero-order valence-electron chi connectivity index (χ0n) is 16.2. The highest BCUT2D eigenvalue weighted by molar-refractivity contribution is 6.10. The van der Waals surface area contributed by atoms with E-state index in [9.17, 15) is 9.59 Å². The van der Waals surface area contributed by atoms with Crippen LogP contribution in [0.3, 0.4) is 0 Å². The minimum absolute atomic E-state index is 0.183. The molecule has 1 atom stereocenters. The number of carbonyl (C=O) groups is 2. The van der Waals surface area contributed by atoms with E-state index in [0.717, 1.165) is 16.8 Å². The van der Waals surface area contributed by atoms with Crippen molar-refractivity contribution in [3.05, 3.63) is 90.3 Å². The SMILES string of the molecule is C=C1c2ccccc2C(=O)N1C(C)C(=O)NCCc1cnn(-c2ccccc2)c1. The monoisotopic (exact) mass is 386 g/mol. The van der Waals surface area contributed by atoms with Crippen LogP contribution in [0.15, 0.2) is 73.6 Å². The fourth-order valence-electron chi connectivity index (χ4n) is 3.52. The molecule has 146 valence electrons. The molecule has 1 aliphatic rings. The lowest BCUT2D eigenvalue weighted by molar-refractivity contribution is -0.124. The molecule has 29 heavy (non-hydrogen) atoms. The summed E-state index contributed by atoms with van der Waals surface area (Å²) in [5, 5.41) is 7.28. The van der Waals surface area contributed by atoms with E-state index < -0.39 is 6.04 Å². The summed E-state index contributed by atoms with van der Waals surface area (Å²) in [6, 6.07) is 16.5. The number of aromatic nitrogens is 2. The van der Waals surface area contributed by atoms with Crippen molar-refractivity contribution < 1.29 is 9.59 Å². The summed E-state index contributed by atoms with van der Waals surface area (Å²) >= 11 is 0. The maximum atomic E-state index is 12.7. The number of nitrogens with one attached hydrogen (secondary N) is 1. The first kappa shape index (κ1) is 18.7. The standard InChI is InChI=1S/C23H22N4O2/c1-16-20-10-6-7-11-21(20)23(29)27(16)17(2)22(28)24-13-12-18-14-25-26(15-18)19-8-4-3-5-9-19/h3-11,14-15,17H,1,12-13H2,2H3,(H,24,28). The van der Waals surface area contributed by atoms with Crippen LogP contribution < -0.4 is 5.32 Å². The average molecular weight is 386 g/mol. The van der Waals surface area contributed by atoms with Gasteiger partial charge in [-0.2, -0.15) is 5.10 Å². The lowest BCUT2D eigenvalue weighted by atomic mass is 10.1. The van der Waals surface area contributed by atoms with Gasteiger partial charge in [0.25, 0.3) is 5.91 Å². The van der Waals surface area contributed by atoms with Gasteiger partial charge in [0.2, 0.25) is 5.91 Å². The maximum Gasteiger partial charge on any atom is 0.259 e. The summed E-state index contributed by atoms with van der Waals surface area (Å²) in [6.45, 7) is 6.19. The second-order valence-corrected chi connectivity index (χ2v) is 7.01. The first-order valence-corrected chi connectivity index (χ1v) is 9.55. The first-order valence-electron chi connectivity index (χ1n) is 9.55. The second-order valence-electron chi connectivity index (χ2n) is 7.01. The predicted octanol–water partition coefficient (Wildman–Crippen LogP) is 3.05. The van der Waals surface area contributed by atoms with E-state index in [-0.39, 0.29) is 11.8 Å². The van der Waals surface area contributed by atoms with Crippen LogP contribution in [-0.4, -0.2) is 39.1 Å². The van der Waals surface area contributed by atoms with Crippen LogP contribution >= 0.6 is 0 Å². The van der Waals surface area contributed by atoms with Gasteiger partial charge in [0, 0.05) is 29.6 Å². The van der Waals surface area contributed by atoms with Crippen molar-refractivity contribution in [3.8, 4) is 5.69 Å². The zero-order valence-corrected chi connectivity index (χ0v) is 16.2. The van der Waals surface area contributed by atoms with Gasteiger partial charge in [0.1, 0.15) is 6.04 Å². The number of hydrogen-bond donors (Lipinski definition) is 1. The van der Waals surface area contributed by atoms with Crippen LogP contribution in [0.1, 0.15) is 28.4 Å².